The monoisotopic (exact) mass is 1020 g/mol. The molecule has 76 heavy (non-hydrogen) atoms. The van der Waals surface area contributed by atoms with Crippen LogP contribution in [-0.2, 0) is 9.53 Å². The molecule has 4 atom stereocenters. The second kappa shape index (κ2) is 24.3. The summed E-state index contributed by atoms with van der Waals surface area (Å²) in [5.74, 6) is 1.88. The first kappa shape index (κ1) is 53.8. The number of allylic oxidation sites excluding steroid dienone is 3. The molecule has 0 spiro atoms. The molecule has 5 heterocycles. The molecule has 396 valence electrons. The number of aliphatic imine (C=N–C) groups is 2. The highest BCUT2D eigenvalue weighted by molar-refractivity contribution is 6.16. The molecule has 9 rings (SSSR count). The lowest BCUT2D eigenvalue weighted by atomic mass is 9.81. The number of esters is 1. The van der Waals surface area contributed by atoms with Crippen molar-refractivity contribution >= 4 is 64.2 Å². The van der Waals surface area contributed by atoms with E-state index >= 15 is 0 Å². The fourth-order valence-corrected chi connectivity index (χ4v) is 11.7. The van der Waals surface area contributed by atoms with Crippen molar-refractivity contribution in [2.24, 2.45) is 27.7 Å². The van der Waals surface area contributed by atoms with Gasteiger partial charge in [0.1, 0.15) is 18.1 Å². The summed E-state index contributed by atoms with van der Waals surface area (Å²) >= 11 is 0. The number of ether oxygens (including phenoxy) is 3. The number of rotatable bonds is 22. The van der Waals surface area contributed by atoms with Gasteiger partial charge in [-0.05, 0) is 159 Å². The average Bonchev–Trinajstić information content (AvgIpc) is 4.19. The quantitative estimate of drug-likeness (QED) is 0.0405. The number of nitrogens with one attached hydrogen (secondary N) is 2. The van der Waals surface area contributed by atoms with Crippen molar-refractivity contribution in [1.82, 2.24) is 14.9 Å². The topological polar surface area (TPSA) is 121 Å². The van der Waals surface area contributed by atoms with Crippen molar-refractivity contribution in [3.05, 3.63) is 157 Å². The van der Waals surface area contributed by atoms with E-state index in [-0.39, 0.29) is 35.5 Å². The number of H-pyrrole nitrogens is 2. The zero-order chi connectivity index (χ0) is 53.5. The number of ketones is 1. The van der Waals surface area contributed by atoms with Crippen LogP contribution in [0.15, 0.2) is 107 Å². The van der Waals surface area contributed by atoms with E-state index in [0.717, 1.165) is 140 Å². The second-order valence-electron chi connectivity index (χ2n) is 21.3. The number of carbonyl (C=O) groups excluding carboxylic acids is 2. The van der Waals surface area contributed by atoms with E-state index in [1.807, 2.05) is 13.0 Å². The highest BCUT2D eigenvalue weighted by Crippen LogP contribution is 2.40. The maximum absolute atomic E-state index is 13.9. The minimum atomic E-state index is -0.250. The summed E-state index contributed by atoms with van der Waals surface area (Å²) in [4.78, 5) is 47.3. The van der Waals surface area contributed by atoms with Gasteiger partial charge in [-0.3, -0.25) is 19.6 Å². The van der Waals surface area contributed by atoms with E-state index in [2.05, 4.69) is 167 Å². The third kappa shape index (κ3) is 11.7. The Kier molecular flexibility index (Phi) is 17.2. The summed E-state index contributed by atoms with van der Waals surface area (Å²) in [6.07, 6.45) is 16.2. The van der Waals surface area contributed by atoms with E-state index in [1.165, 1.54) is 22.3 Å². The highest BCUT2D eigenvalue weighted by atomic mass is 16.5. The summed E-state index contributed by atoms with van der Waals surface area (Å²) in [5, 5.41) is 3.76. The van der Waals surface area contributed by atoms with Crippen molar-refractivity contribution in [2.75, 3.05) is 40.5 Å². The number of aromatic amines is 2. The molecule has 2 aromatic heterocycles. The lowest BCUT2D eigenvalue weighted by Crippen LogP contribution is -2.27. The number of hydrogen-bond donors (Lipinski definition) is 2. The molecular formula is C66H77N5O5. The normalized spacial score (nSPS) is 20.3. The third-order valence-corrected chi connectivity index (χ3v) is 16.1. The third-order valence-electron chi connectivity index (χ3n) is 16.1. The standard InChI is InChI=1S/C66H77N5O5/c1-10-50-41(4)55-38-57-43(6)53(65(69-57)54-37-61(72)63-44(7)58(70-66(54)63)40-60-51(11-2)42(5)56(68-60)39-59(50)67-55)31-32-62(73)76-35-20-15-13-14-19-34-74-48-27-23-46(24-28-48)64(52(12-3)45-21-17-16-18-22-45)47-25-29-49(30-26-47)75-36-33-71(8)9/h10,16-18,21-30,38-40,42-43,53,65,67,70H,1,11-15,19-20,31-37H2,2-9H3/b55-38-,58-40-,59-39-,64-52-/t42?,43-,53-,65?/m0/s1. The molecule has 0 amide bonds. The van der Waals surface area contributed by atoms with Crippen LogP contribution in [0.3, 0.4) is 0 Å². The van der Waals surface area contributed by atoms with Gasteiger partial charge in [0.05, 0.1) is 36.0 Å². The van der Waals surface area contributed by atoms with Crippen LogP contribution in [0.25, 0.3) is 41.0 Å². The van der Waals surface area contributed by atoms with Crippen LogP contribution in [0.4, 0.5) is 0 Å². The van der Waals surface area contributed by atoms with Crippen molar-refractivity contribution in [3.8, 4) is 11.5 Å². The fraction of sp³-hybridized carbons (Fsp3) is 0.394. The smallest absolute Gasteiger partial charge is 0.305 e. The molecule has 1 aliphatic carbocycles. The molecule has 2 unspecified atom stereocenters. The summed E-state index contributed by atoms with van der Waals surface area (Å²) in [5.41, 5.74) is 15.1. The predicted molar refractivity (Wildman–Crippen MR) is 312 cm³/mol. The van der Waals surface area contributed by atoms with Gasteiger partial charge in [-0.2, -0.15) is 0 Å². The van der Waals surface area contributed by atoms with E-state index in [1.54, 1.807) is 0 Å². The number of likely N-dealkylation sites (N-methyl/N-ethyl adjacent to an activating group) is 1. The first-order chi connectivity index (χ1) is 36.9. The van der Waals surface area contributed by atoms with Crippen LogP contribution in [0.5, 0.6) is 11.5 Å². The number of fused-ring (bicyclic) bond motifs is 6. The van der Waals surface area contributed by atoms with Crippen LogP contribution in [0.2, 0.25) is 0 Å². The minimum absolute atomic E-state index is 0.0150. The molecule has 10 heteroatoms. The van der Waals surface area contributed by atoms with Crippen molar-refractivity contribution < 1.29 is 23.8 Å². The number of nitrogens with zero attached hydrogens (tertiary/aromatic N) is 3. The number of aromatic nitrogens is 2. The zero-order valence-corrected chi connectivity index (χ0v) is 46.1. The molecule has 0 saturated heterocycles. The zero-order valence-electron chi connectivity index (χ0n) is 46.1. The first-order valence-electron chi connectivity index (χ1n) is 27.8. The molecule has 5 aromatic rings. The SMILES string of the molecule is C=Cc1c(C)/c2[nH]/c1=C\C1=NC(=C(CC)C1C)/C=c1\[nH]c3c(c1C)C(=O)CC=3C1N=C(\C=2)[C@@H](C)[C@@H]1CCC(=O)OCCCCCCCOc1ccc(/C(=C(\CC)c2ccccc2)c2ccc(OCCN(C)C)cc2)cc1. The molecule has 4 aliphatic rings. The van der Waals surface area contributed by atoms with Gasteiger partial charge in [0, 0.05) is 64.1 Å². The number of Topliss-reactive ketones (excluding diaryl/α,β-unsaturated/α-hetero) is 1. The number of hydrogen-bond acceptors (Lipinski definition) is 8. The van der Waals surface area contributed by atoms with Gasteiger partial charge in [0.15, 0.2) is 5.78 Å². The van der Waals surface area contributed by atoms with Gasteiger partial charge in [-0.25, -0.2) is 0 Å². The van der Waals surface area contributed by atoms with E-state index in [0.29, 0.717) is 39.1 Å². The Morgan fingerprint density at radius 2 is 1.41 bits per heavy atom. The molecule has 10 nitrogen and oxygen atoms in total. The Labute approximate surface area is 449 Å². The Hall–Kier alpha value is -7.04. The Morgan fingerprint density at radius 3 is 2.07 bits per heavy atom. The summed E-state index contributed by atoms with van der Waals surface area (Å²) < 4.78 is 18.1. The van der Waals surface area contributed by atoms with Crippen LogP contribution in [-0.4, -0.2) is 84.5 Å². The maximum Gasteiger partial charge on any atom is 0.305 e. The highest BCUT2D eigenvalue weighted by Gasteiger charge is 2.41. The van der Waals surface area contributed by atoms with Gasteiger partial charge < -0.3 is 29.1 Å². The minimum Gasteiger partial charge on any atom is -0.494 e. The average molecular weight is 1020 g/mol. The lowest BCUT2D eigenvalue weighted by Gasteiger charge is -2.22. The fourth-order valence-electron chi connectivity index (χ4n) is 11.7. The Bertz CT molecular complexity index is 3350. The van der Waals surface area contributed by atoms with Crippen LogP contribution >= 0.6 is 0 Å². The van der Waals surface area contributed by atoms with Gasteiger partial charge >= 0.3 is 5.97 Å². The number of benzene rings is 3. The molecule has 8 bridgehead atoms. The summed E-state index contributed by atoms with van der Waals surface area (Å²) in [7, 11) is 4.10. The van der Waals surface area contributed by atoms with Gasteiger partial charge in [-0.15, -0.1) is 0 Å². The summed E-state index contributed by atoms with van der Waals surface area (Å²) in [6.45, 7) is 19.7. The summed E-state index contributed by atoms with van der Waals surface area (Å²) in [6, 6.07) is 27.4. The number of unbranched alkanes of at least 4 members (excludes halogenated alkanes) is 4. The van der Waals surface area contributed by atoms with Gasteiger partial charge in [0.25, 0.3) is 0 Å². The van der Waals surface area contributed by atoms with E-state index in [4.69, 9.17) is 24.2 Å². The first-order valence-corrected chi connectivity index (χ1v) is 27.8. The van der Waals surface area contributed by atoms with Crippen LogP contribution < -0.4 is 30.9 Å². The van der Waals surface area contributed by atoms with Gasteiger partial charge in [0.2, 0.25) is 0 Å². The van der Waals surface area contributed by atoms with Crippen molar-refractivity contribution in [2.45, 2.75) is 112 Å². The van der Waals surface area contributed by atoms with Crippen molar-refractivity contribution in [3.63, 3.8) is 0 Å². The lowest BCUT2D eigenvalue weighted by molar-refractivity contribution is -0.144. The van der Waals surface area contributed by atoms with Crippen LogP contribution in [0, 0.1) is 31.6 Å². The van der Waals surface area contributed by atoms with Crippen LogP contribution in [0.1, 0.15) is 136 Å². The Balaban J connectivity index is 0.785. The molecular weight excluding hydrogens is 943 g/mol. The number of carbonyl (C=O) groups is 2. The predicted octanol–water partition coefficient (Wildman–Crippen LogP) is 10.9. The molecule has 3 aliphatic heterocycles. The maximum atomic E-state index is 13.9. The molecule has 0 saturated carbocycles. The molecule has 0 fully saturated rings. The largest absolute Gasteiger partial charge is 0.494 e. The molecule has 0 radical (unpaired) electrons. The van der Waals surface area contributed by atoms with Crippen molar-refractivity contribution in [1.29, 1.82) is 0 Å². The van der Waals surface area contributed by atoms with E-state index < -0.39 is 0 Å². The molecule has 2 N–H and O–H groups in total. The molecule has 3 aromatic carbocycles. The van der Waals surface area contributed by atoms with Gasteiger partial charge in [-0.1, -0.05) is 114 Å². The van der Waals surface area contributed by atoms with E-state index in [9.17, 15) is 9.59 Å². The Morgan fingerprint density at radius 1 is 0.763 bits per heavy atom. The second-order valence-corrected chi connectivity index (χ2v) is 21.3.